The van der Waals surface area contributed by atoms with Gasteiger partial charge in [0.1, 0.15) is 6.04 Å². The number of esters is 1. The number of amides is 2. The van der Waals surface area contributed by atoms with Crippen molar-refractivity contribution >= 4 is 40.4 Å². The maximum Gasteiger partial charge on any atom is 0.338 e. The summed E-state index contributed by atoms with van der Waals surface area (Å²) in [6.07, 6.45) is 1.24. The number of allylic oxidation sites excluding steroid dienone is 1. The number of carbonyl (C=O) groups excluding carboxylic acids is 3. The van der Waals surface area contributed by atoms with Crippen molar-refractivity contribution in [3.8, 4) is 11.5 Å². The lowest BCUT2D eigenvalue weighted by Crippen LogP contribution is -2.45. The summed E-state index contributed by atoms with van der Waals surface area (Å²) in [6, 6.07) is 13.3. The van der Waals surface area contributed by atoms with Gasteiger partial charge in [-0.2, -0.15) is 0 Å². The van der Waals surface area contributed by atoms with Crippen molar-refractivity contribution in [3.63, 3.8) is 0 Å². The molecule has 9 nitrogen and oxygen atoms in total. The number of fused-ring (bicyclic) bond motifs is 1. The number of ether oxygens (including phenoxy) is 3. The van der Waals surface area contributed by atoms with Crippen LogP contribution in [0.5, 0.6) is 11.5 Å². The second-order valence-electron chi connectivity index (χ2n) is 7.74. The Balaban J connectivity index is 1.80. The number of thioether (sulfide) groups is 1. The predicted molar refractivity (Wildman–Crippen MR) is 137 cm³/mol. The van der Waals surface area contributed by atoms with Gasteiger partial charge in [0.15, 0.2) is 16.7 Å². The minimum absolute atomic E-state index is 0.153. The molecule has 1 unspecified atom stereocenters. The van der Waals surface area contributed by atoms with Crippen LogP contribution < -0.4 is 14.8 Å². The fourth-order valence-corrected chi connectivity index (χ4v) is 4.99. The topological polar surface area (TPSA) is 107 Å². The average Bonchev–Trinajstić information content (AvgIpc) is 2.87. The van der Waals surface area contributed by atoms with E-state index in [-0.39, 0.29) is 22.3 Å². The highest BCUT2D eigenvalue weighted by Gasteiger charge is 2.44. The molecule has 2 amide bonds. The van der Waals surface area contributed by atoms with Gasteiger partial charge in [0.05, 0.1) is 37.0 Å². The van der Waals surface area contributed by atoms with Crippen LogP contribution in [0.25, 0.3) is 0 Å². The third-order valence-electron chi connectivity index (χ3n) is 5.56. The lowest BCUT2D eigenvalue weighted by Gasteiger charge is -2.38. The highest BCUT2D eigenvalue weighted by molar-refractivity contribution is 8.18. The van der Waals surface area contributed by atoms with Crippen molar-refractivity contribution in [1.82, 2.24) is 4.90 Å². The molecule has 0 spiro atoms. The maximum absolute atomic E-state index is 13.5. The van der Waals surface area contributed by atoms with Crippen molar-refractivity contribution in [2.75, 3.05) is 26.1 Å². The molecule has 0 aliphatic carbocycles. The summed E-state index contributed by atoms with van der Waals surface area (Å²) < 4.78 is 16.4. The van der Waals surface area contributed by atoms with Crippen molar-refractivity contribution in [2.24, 2.45) is 4.99 Å². The number of hydrogen-bond donors (Lipinski definition) is 1. The Morgan fingerprint density at radius 2 is 1.83 bits per heavy atom. The molecule has 1 N–H and O–H groups in total. The minimum Gasteiger partial charge on any atom is -0.493 e. The van der Waals surface area contributed by atoms with Gasteiger partial charge < -0.3 is 19.5 Å². The number of aliphatic imine (C=N–C) groups is 1. The molecule has 36 heavy (non-hydrogen) atoms. The van der Waals surface area contributed by atoms with Gasteiger partial charge in [-0.25, -0.2) is 9.79 Å². The summed E-state index contributed by atoms with van der Waals surface area (Å²) in [4.78, 5) is 45.5. The van der Waals surface area contributed by atoms with E-state index in [1.54, 1.807) is 56.3 Å². The maximum atomic E-state index is 13.5. The summed E-state index contributed by atoms with van der Waals surface area (Å²) in [5.41, 5.74) is 1.70. The molecule has 2 aromatic carbocycles. The molecular formula is C26H25N3O6S. The van der Waals surface area contributed by atoms with Gasteiger partial charge >= 0.3 is 5.97 Å². The molecule has 2 aliphatic rings. The highest BCUT2D eigenvalue weighted by atomic mass is 32.2. The second kappa shape index (κ2) is 10.7. The molecule has 4 rings (SSSR count). The van der Waals surface area contributed by atoms with Crippen molar-refractivity contribution in [1.29, 1.82) is 0 Å². The van der Waals surface area contributed by atoms with Gasteiger partial charge in [0.25, 0.3) is 11.8 Å². The first-order valence-electron chi connectivity index (χ1n) is 11.2. The molecule has 2 heterocycles. The molecule has 0 bridgehead atoms. The Morgan fingerprint density at radius 3 is 2.50 bits per heavy atom. The van der Waals surface area contributed by atoms with E-state index in [9.17, 15) is 14.4 Å². The van der Waals surface area contributed by atoms with Crippen LogP contribution in [0.4, 0.5) is 5.69 Å². The number of hydrogen-bond acceptors (Lipinski definition) is 8. The number of benzene rings is 2. The van der Waals surface area contributed by atoms with E-state index in [0.29, 0.717) is 28.4 Å². The number of methoxy groups -OCH3 is 2. The summed E-state index contributed by atoms with van der Waals surface area (Å²) in [5.74, 6) is -0.724. The van der Waals surface area contributed by atoms with Crippen LogP contribution >= 0.6 is 11.8 Å². The number of para-hydroxylation sites is 2. The molecule has 2 aliphatic heterocycles. The first kappa shape index (κ1) is 25.1. The van der Waals surface area contributed by atoms with Gasteiger partial charge in [0, 0.05) is 17.3 Å². The fraction of sp³-hybridized carbons (Fsp3) is 0.231. The first-order chi connectivity index (χ1) is 17.4. The monoisotopic (exact) mass is 507 g/mol. The molecule has 0 radical (unpaired) electrons. The normalized spacial score (nSPS) is 17.1. The highest BCUT2D eigenvalue weighted by Crippen LogP contribution is 2.46. The third-order valence-corrected chi connectivity index (χ3v) is 6.56. The molecule has 0 saturated heterocycles. The van der Waals surface area contributed by atoms with E-state index in [1.165, 1.54) is 25.2 Å². The number of anilines is 1. The molecule has 10 heteroatoms. The summed E-state index contributed by atoms with van der Waals surface area (Å²) in [6.45, 7) is 3.53. The Bertz CT molecular complexity index is 1300. The van der Waals surface area contributed by atoms with Crippen LogP contribution in [0.1, 0.15) is 25.5 Å². The molecule has 186 valence electrons. The van der Waals surface area contributed by atoms with E-state index in [4.69, 9.17) is 14.2 Å². The zero-order valence-corrected chi connectivity index (χ0v) is 21.0. The molecular weight excluding hydrogens is 482 g/mol. The Labute approximate surface area is 212 Å². The summed E-state index contributed by atoms with van der Waals surface area (Å²) in [7, 11) is 2.99. The SMILES string of the molecule is CCOC(=O)C1=C(C)N=C2SC(C(=O)Nc3ccccc3)=CC(=O)N2C1c1cccc(OC)c1OC. The zero-order chi connectivity index (χ0) is 25.8. The van der Waals surface area contributed by atoms with E-state index < -0.39 is 23.8 Å². The molecule has 0 aromatic heterocycles. The average molecular weight is 508 g/mol. The van der Waals surface area contributed by atoms with Gasteiger partial charge in [-0.15, -0.1) is 0 Å². The number of nitrogens with zero attached hydrogens (tertiary/aromatic N) is 2. The molecule has 0 saturated carbocycles. The lowest BCUT2D eigenvalue weighted by molar-refractivity contribution is -0.139. The quantitative estimate of drug-likeness (QED) is 0.564. The Kier molecular flexibility index (Phi) is 7.44. The third kappa shape index (κ3) is 4.72. The molecule has 1 atom stereocenters. The van der Waals surface area contributed by atoms with Crippen LogP contribution in [0.2, 0.25) is 0 Å². The van der Waals surface area contributed by atoms with Crippen LogP contribution in [0.15, 0.2) is 75.8 Å². The number of amidine groups is 1. The van der Waals surface area contributed by atoms with E-state index in [0.717, 1.165) is 11.8 Å². The Morgan fingerprint density at radius 1 is 1.08 bits per heavy atom. The zero-order valence-electron chi connectivity index (χ0n) is 20.2. The van der Waals surface area contributed by atoms with Crippen LogP contribution in [0, 0.1) is 0 Å². The van der Waals surface area contributed by atoms with E-state index >= 15 is 0 Å². The van der Waals surface area contributed by atoms with Crippen LogP contribution in [-0.4, -0.2) is 48.7 Å². The summed E-state index contributed by atoms with van der Waals surface area (Å²) >= 11 is 1.05. The van der Waals surface area contributed by atoms with Gasteiger partial charge in [0.2, 0.25) is 0 Å². The second-order valence-corrected chi connectivity index (χ2v) is 8.75. The van der Waals surface area contributed by atoms with Crippen molar-refractivity contribution < 1.29 is 28.6 Å². The van der Waals surface area contributed by atoms with Gasteiger partial charge in [-0.3, -0.25) is 14.5 Å². The summed E-state index contributed by atoms with van der Waals surface area (Å²) in [5, 5.41) is 3.05. The minimum atomic E-state index is -0.906. The largest absolute Gasteiger partial charge is 0.493 e. The number of nitrogens with one attached hydrogen (secondary N) is 1. The number of carbonyl (C=O) groups is 3. The van der Waals surface area contributed by atoms with E-state index in [1.807, 2.05) is 6.07 Å². The van der Waals surface area contributed by atoms with Gasteiger partial charge in [-0.05, 0) is 43.8 Å². The first-order valence-corrected chi connectivity index (χ1v) is 12.0. The lowest BCUT2D eigenvalue weighted by atomic mass is 9.93. The Hall–Kier alpha value is -4.05. The van der Waals surface area contributed by atoms with Crippen molar-refractivity contribution in [2.45, 2.75) is 19.9 Å². The standard InChI is InChI=1S/C26H25N3O6S/c1-5-35-25(32)21-15(2)27-26-29(22(21)17-12-9-13-18(33-3)23(17)34-4)20(30)14-19(36-26)24(31)28-16-10-7-6-8-11-16/h6-14,22H,5H2,1-4H3,(H,28,31). The van der Waals surface area contributed by atoms with Crippen LogP contribution in [0.3, 0.4) is 0 Å². The molecule has 2 aromatic rings. The van der Waals surface area contributed by atoms with Gasteiger partial charge in [-0.1, -0.05) is 30.3 Å². The fourth-order valence-electron chi connectivity index (χ4n) is 4.01. The smallest absolute Gasteiger partial charge is 0.338 e. The molecule has 0 fully saturated rings. The van der Waals surface area contributed by atoms with E-state index in [2.05, 4.69) is 10.3 Å². The van der Waals surface area contributed by atoms with Crippen LogP contribution in [-0.2, 0) is 19.1 Å². The predicted octanol–water partition coefficient (Wildman–Crippen LogP) is 4.05. The van der Waals surface area contributed by atoms with Crippen molar-refractivity contribution in [3.05, 3.63) is 76.3 Å². The number of rotatable bonds is 7.